The monoisotopic (exact) mass is 498 g/mol. The van der Waals surface area contributed by atoms with E-state index in [1.165, 1.54) is 23.1 Å². The van der Waals surface area contributed by atoms with Gasteiger partial charge >= 0.3 is 6.01 Å². The van der Waals surface area contributed by atoms with Gasteiger partial charge in [0.15, 0.2) is 0 Å². The van der Waals surface area contributed by atoms with Gasteiger partial charge in [-0.05, 0) is 45.0 Å². The molecule has 2 atom stereocenters. The predicted molar refractivity (Wildman–Crippen MR) is 144 cm³/mol. The molecular weight excluding hydrogens is 464 g/mol. The number of benzene rings is 1. The molecule has 37 heavy (non-hydrogen) atoms. The van der Waals surface area contributed by atoms with Crippen LogP contribution in [0.4, 0.5) is 11.5 Å². The molecule has 9 nitrogen and oxygen atoms in total. The molecule has 1 aromatic carbocycles. The van der Waals surface area contributed by atoms with E-state index in [9.17, 15) is 5.26 Å². The zero-order chi connectivity index (χ0) is 25.2. The van der Waals surface area contributed by atoms with E-state index in [4.69, 9.17) is 14.7 Å². The smallest absolute Gasteiger partial charge is 0.318 e. The van der Waals surface area contributed by atoms with Gasteiger partial charge in [-0.15, -0.1) is 0 Å². The summed E-state index contributed by atoms with van der Waals surface area (Å²) in [5.41, 5.74) is 3.45. The molecule has 3 aliphatic heterocycles. The van der Waals surface area contributed by atoms with E-state index in [1.54, 1.807) is 0 Å². The van der Waals surface area contributed by atoms with Gasteiger partial charge in [-0.1, -0.05) is 12.1 Å². The highest BCUT2D eigenvalue weighted by atomic mass is 16.5. The van der Waals surface area contributed by atoms with Crippen LogP contribution in [0.1, 0.15) is 30.5 Å². The molecule has 0 amide bonds. The molecule has 192 valence electrons. The highest BCUT2D eigenvalue weighted by Crippen LogP contribution is 2.34. The highest BCUT2D eigenvalue weighted by Gasteiger charge is 2.29. The quantitative estimate of drug-likeness (QED) is 0.551. The molecule has 3 aromatic rings. The first-order valence-electron chi connectivity index (χ1n) is 13.4. The molecule has 0 aliphatic carbocycles. The van der Waals surface area contributed by atoms with Crippen molar-refractivity contribution in [3.05, 3.63) is 47.9 Å². The Morgan fingerprint density at radius 1 is 1.16 bits per heavy atom. The van der Waals surface area contributed by atoms with Gasteiger partial charge in [-0.2, -0.15) is 15.2 Å². The van der Waals surface area contributed by atoms with Crippen molar-refractivity contribution in [2.24, 2.45) is 0 Å². The molecule has 0 bridgehead atoms. The van der Waals surface area contributed by atoms with Crippen molar-refractivity contribution in [3.63, 3.8) is 0 Å². The zero-order valence-corrected chi connectivity index (χ0v) is 21.4. The first-order chi connectivity index (χ1) is 18.2. The van der Waals surface area contributed by atoms with Crippen molar-refractivity contribution >= 4 is 22.3 Å². The maximum atomic E-state index is 9.25. The number of hydrogen-bond donors (Lipinski definition) is 1. The molecule has 2 unspecified atom stereocenters. The Hall–Kier alpha value is -3.48. The number of likely N-dealkylation sites (N-methyl/N-ethyl adjacent to an activating group) is 1. The molecule has 2 aromatic heterocycles. The SMILES string of the molecule is CN1CCCC1COc1nc2c(c(N3CCNC(CC#N)C3)n1)CCN(c1cccc3cnccc13)C2. The molecule has 2 saturated heterocycles. The molecule has 1 N–H and O–H groups in total. The Kier molecular flexibility index (Phi) is 6.77. The summed E-state index contributed by atoms with van der Waals surface area (Å²) < 4.78 is 6.26. The van der Waals surface area contributed by atoms with Crippen LogP contribution in [0.15, 0.2) is 36.7 Å². The largest absolute Gasteiger partial charge is 0.462 e. The lowest BCUT2D eigenvalue weighted by Crippen LogP contribution is -2.51. The summed E-state index contributed by atoms with van der Waals surface area (Å²) in [6.45, 7) is 5.78. The first-order valence-corrected chi connectivity index (χ1v) is 13.4. The Bertz CT molecular complexity index is 1300. The van der Waals surface area contributed by atoms with Gasteiger partial charge in [0.1, 0.15) is 12.4 Å². The molecule has 9 heteroatoms. The van der Waals surface area contributed by atoms with Crippen molar-refractivity contribution in [3.8, 4) is 12.1 Å². The number of pyridine rings is 1. The molecule has 0 saturated carbocycles. The minimum Gasteiger partial charge on any atom is -0.462 e. The molecule has 0 spiro atoms. The third-order valence-electron chi connectivity index (χ3n) is 7.99. The highest BCUT2D eigenvalue weighted by molar-refractivity contribution is 5.93. The molecule has 6 rings (SSSR count). The van der Waals surface area contributed by atoms with Crippen LogP contribution in [-0.2, 0) is 13.0 Å². The van der Waals surface area contributed by atoms with Crippen LogP contribution in [0, 0.1) is 11.3 Å². The van der Waals surface area contributed by atoms with Crippen molar-refractivity contribution in [2.45, 2.75) is 44.3 Å². The maximum absolute atomic E-state index is 9.25. The molecule has 2 fully saturated rings. The van der Waals surface area contributed by atoms with E-state index in [2.05, 4.69) is 62.4 Å². The number of aromatic nitrogens is 3. The van der Waals surface area contributed by atoms with E-state index < -0.39 is 0 Å². The lowest BCUT2D eigenvalue weighted by atomic mass is 10.0. The average molecular weight is 499 g/mol. The molecular formula is C28H34N8O. The summed E-state index contributed by atoms with van der Waals surface area (Å²) in [5, 5.41) is 15.1. The van der Waals surface area contributed by atoms with E-state index in [-0.39, 0.29) is 6.04 Å². The molecule has 0 radical (unpaired) electrons. The van der Waals surface area contributed by atoms with Crippen LogP contribution in [0.5, 0.6) is 6.01 Å². The average Bonchev–Trinajstić information content (AvgIpc) is 3.35. The summed E-state index contributed by atoms with van der Waals surface area (Å²) >= 11 is 0. The Morgan fingerprint density at radius 2 is 2.11 bits per heavy atom. The fourth-order valence-corrected chi connectivity index (χ4v) is 5.93. The number of hydrogen-bond acceptors (Lipinski definition) is 9. The van der Waals surface area contributed by atoms with Crippen molar-refractivity contribution in [2.75, 3.05) is 56.2 Å². The van der Waals surface area contributed by atoms with Crippen molar-refractivity contribution in [1.29, 1.82) is 5.26 Å². The van der Waals surface area contributed by atoms with Gasteiger partial charge in [0.05, 0.1) is 24.7 Å². The number of nitrogens with one attached hydrogen (secondary N) is 1. The van der Waals surface area contributed by atoms with Crippen molar-refractivity contribution < 1.29 is 4.74 Å². The van der Waals surface area contributed by atoms with Crippen LogP contribution in [0.2, 0.25) is 0 Å². The summed E-state index contributed by atoms with van der Waals surface area (Å²) in [5.74, 6) is 0.978. The first kappa shape index (κ1) is 23.9. The molecule has 5 heterocycles. The second-order valence-electron chi connectivity index (χ2n) is 10.3. The number of ether oxygens (including phenoxy) is 1. The van der Waals surface area contributed by atoms with Crippen LogP contribution >= 0.6 is 0 Å². The van der Waals surface area contributed by atoms with Crippen molar-refractivity contribution in [1.82, 2.24) is 25.2 Å². The number of fused-ring (bicyclic) bond motifs is 2. The third-order valence-corrected chi connectivity index (χ3v) is 7.99. The lowest BCUT2D eigenvalue weighted by Gasteiger charge is -2.37. The van der Waals surface area contributed by atoms with Gasteiger partial charge in [-0.3, -0.25) is 4.98 Å². The number of likely N-dealkylation sites (tertiary alicyclic amines) is 1. The number of piperazine rings is 1. The van der Waals surface area contributed by atoms with Gasteiger partial charge in [0, 0.05) is 72.7 Å². The summed E-state index contributed by atoms with van der Waals surface area (Å²) in [6.07, 6.45) is 7.49. The predicted octanol–water partition coefficient (Wildman–Crippen LogP) is 2.75. The summed E-state index contributed by atoms with van der Waals surface area (Å²) in [4.78, 5) is 21.3. The Morgan fingerprint density at radius 3 is 2.97 bits per heavy atom. The second-order valence-corrected chi connectivity index (χ2v) is 10.3. The number of nitriles is 1. The summed E-state index contributed by atoms with van der Waals surface area (Å²) in [7, 11) is 2.16. The minimum atomic E-state index is 0.144. The zero-order valence-electron chi connectivity index (χ0n) is 21.4. The van der Waals surface area contributed by atoms with Crippen LogP contribution < -0.4 is 19.9 Å². The third kappa shape index (κ3) is 4.91. The fourth-order valence-electron chi connectivity index (χ4n) is 5.93. The van der Waals surface area contributed by atoms with Crippen LogP contribution in [-0.4, -0.2) is 78.3 Å². The Labute approximate surface area is 218 Å². The standard InChI is InChI=1S/C28H34N8O/c1-34-13-3-5-22(34)19-37-28-32-25-18-35(26-6-2-4-20-16-30-11-8-23(20)26)14-9-24(25)27(33-28)36-15-12-31-21(17-36)7-10-29/h2,4,6,8,11,16,21-22,31H,3,5,7,9,12-15,17-19H2,1H3. The second kappa shape index (κ2) is 10.5. The number of rotatable bonds is 6. The van der Waals surface area contributed by atoms with Gasteiger partial charge in [-0.25, -0.2) is 0 Å². The van der Waals surface area contributed by atoms with Gasteiger partial charge in [0.2, 0.25) is 0 Å². The van der Waals surface area contributed by atoms with Gasteiger partial charge < -0.3 is 24.8 Å². The summed E-state index contributed by atoms with van der Waals surface area (Å²) in [6, 6.07) is 11.8. The fraction of sp³-hybridized carbons (Fsp3) is 0.500. The lowest BCUT2D eigenvalue weighted by molar-refractivity contribution is 0.187. The van der Waals surface area contributed by atoms with Gasteiger partial charge in [0.25, 0.3) is 0 Å². The number of anilines is 2. The maximum Gasteiger partial charge on any atom is 0.318 e. The van der Waals surface area contributed by atoms with E-state index in [1.807, 2.05) is 12.4 Å². The minimum absolute atomic E-state index is 0.144. The van der Waals surface area contributed by atoms with Crippen LogP contribution in [0.3, 0.4) is 0 Å². The van der Waals surface area contributed by atoms with E-state index >= 15 is 0 Å². The Balaban J connectivity index is 1.32. The van der Waals surface area contributed by atoms with E-state index in [0.29, 0.717) is 31.6 Å². The topological polar surface area (TPSA) is 93.4 Å². The van der Waals surface area contributed by atoms with Crippen LogP contribution in [0.25, 0.3) is 10.8 Å². The molecule has 3 aliphatic rings. The number of nitrogens with zero attached hydrogens (tertiary/aromatic N) is 7. The normalized spacial score (nSPS) is 22.2. The van der Waals surface area contributed by atoms with E-state index in [0.717, 1.165) is 62.5 Å².